The van der Waals surface area contributed by atoms with Crippen molar-refractivity contribution >= 4 is 21.8 Å². The van der Waals surface area contributed by atoms with Gasteiger partial charge in [-0.05, 0) is 49.2 Å². The van der Waals surface area contributed by atoms with E-state index in [9.17, 15) is 22.4 Å². The number of sulfonamides is 1. The topological polar surface area (TPSA) is 108 Å². The number of amides is 2. The van der Waals surface area contributed by atoms with E-state index >= 15 is 0 Å². The first-order valence-electron chi connectivity index (χ1n) is 9.56. The second kappa shape index (κ2) is 9.77. The standard InChI is InChI=1S/C20H23FN4O4S/c21-16-6-8-18(9-7-16)30(28,29)25-11-3-4-15(14-25)20(27)24-13-19(26)23-12-17-5-1-2-10-22-17/h1-2,5-10,15H,3-4,11-14H2,(H,23,26)(H,24,27)/t15-/m1/s1. The maximum Gasteiger partial charge on any atom is 0.243 e. The summed E-state index contributed by atoms with van der Waals surface area (Å²) in [5, 5.41) is 5.23. The predicted octanol–water partition coefficient (Wildman–Crippen LogP) is 1.05. The molecule has 0 bridgehead atoms. The molecule has 0 aliphatic carbocycles. The summed E-state index contributed by atoms with van der Waals surface area (Å²) in [5.74, 6) is -1.81. The van der Waals surface area contributed by atoms with Crippen LogP contribution in [-0.2, 0) is 26.2 Å². The lowest BCUT2D eigenvalue weighted by molar-refractivity contribution is -0.129. The normalized spacial score (nSPS) is 17.3. The Balaban J connectivity index is 1.51. The second-order valence-corrected chi connectivity index (χ2v) is 8.91. The van der Waals surface area contributed by atoms with Crippen LogP contribution >= 0.6 is 0 Å². The molecular formula is C20H23FN4O4S. The molecule has 1 aromatic heterocycles. The Labute approximate surface area is 174 Å². The summed E-state index contributed by atoms with van der Waals surface area (Å²) in [6.45, 7) is 0.352. The van der Waals surface area contributed by atoms with E-state index in [0.29, 0.717) is 18.5 Å². The number of pyridine rings is 1. The zero-order chi connectivity index (χ0) is 21.6. The minimum absolute atomic E-state index is 0.0149. The molecule has 1 aliphatic heterocycles. The zero-order valence-electron chi connectivity index (χ0n) is 16.3. The van der Waals surface area contributed by atoms with Gasteiger partial charge in [-0.15, -0.1) is 0 Å². The summed E-state index contributed by atoms with van der Waals surface area (Å²) in [6, 6.07) is 9.95. The number of hydrogen-bond acceptors (Lipinski definition) is 5. The third-order valence-electron chi connectivity index (χ3n) is 4.82. The van der Waals surface area contributed by atoms with Gasteiger partial charge >= 0.3 is 0 Å². The first-order valence-corrected chi connectivity index (χ1v) is 11.0. The number of rotatable bonds is 7. The van der Waals surface area contributed by atoms with Gasteiger partial charge in [0.2, 0.25) is 21.8 Å². The highest BCUT2D eigenvalue weighted by Gasteiger charge is 2.33. The van der Waals surface area contributed by atoms with Crippen LogP contribution in [0.15, 0.2) is 53.6 Å². The summed E-state index contributed by atoms with van der Waals surface area (Å²) in [4.78, 5) is 28.5. The highest BCUT2D eigenvalue weighted by molar-refractivity contribution is 7.89. The van der Waals surface area contributed by atoms with Crippen LogP contribution < -0.4 is 10.6 Å². The third-order valence-corrected chi connectivity index (χ3v) is 6.70. The highest BCUT2D eigenvalue weighted by Crippen LogP contribution is 2.24. The van der Waals surface area contributed by atoms with Gasteiger partial charge in [-0.25, -0.2) is 12.8 Å². The molecule has 10 heteroatoms. The van der Waals surface area contributed by atoms with Gasteiger partial charge < -0.3 is 10.6 Å². The molecule has 2 amide bonds. The number of hydrogen-bond donors (Lipinski definition) is 2. The number of nitrogens with one attached hydrogen (secondary N) is 2. The van der Waals surface area contributed by atoms with Crippen LogP contribution in [0.1, 0.15) is 18.5 Å². The number of benzene rings is 1. The van der Waals surface area contributed by atoms with Crippen molar-refractivity contribution in [1.82, 2.24) is 19.9 Å². The van der Waals surface area contributed by atoms with Crippen LogP contribution in [0.25, 0.3) is 0 Å². The molecular weight excluding hydrogens is 411 g/mol. The maximum atomic E-state index is 13.1. The number of carbonyl (C=O) groups is 2. The maximum absolute atomic E-state index is 13.1. The number of aromatic nitrogens is 1. The molecule has 8 nitrogen and oxygen atoms in total. The van der Waals surface area contributed by atoms with E-state index in [1.807, 2.05) is 6.07 Å². The average Bonchev–Trinajstić information content (AvgIpc) is 2.77. The summed E-state index contributed by atoms with van der Waals surface area (Å²) >= 11 is 0. The molecule has 0 unspecified atom stereocenters. The molecule has 0 spiro atoms. The van der Waals surface area contributed by atoms with Crippen molar-refractivity contribution in [2.45, 2.75) is 24.3 Å². The fourth-order valence-corrected chi connectivity index (χ4v) is 4.72. The number of halogens is 1. The summed E-state index contributed by atoms with van der Waals surface area (Å²) in [7, 11) is -3.82. The number of nitrogens with zero attached hydrogens (tertiary/aromatic N) is 2. The lowest BCUT2D eigenvalue weighted by Crippen LogP contribution is -2.47. The van der Waals surface area contributed by atoms with Crippen molar-refractivity contribution in [3.8, 4) is 0 Å². The van der Waals surface area contributed by atoms with Gasteiger partial charge in [0.15, 0.2) is 0 Å². The van der Waals surface area contributed by atoms with E-state index in [-0.39, 0.29) is 42.9 Å². The van der Waals surface area contributed by atoms with Crippen molar-refractivity contribution in [3.05, 3.63) is 60.2 Å². The monoisotopic (exact) mass is 434 g/mol. The molecule has 160 valence electrons. The van der Waals surface area contributed by atoms with Crippen molar-refractivity contribution in [3.63, 3.8) is 0 Å². The molecule has 1 atom stereocenters. The Morgan fingerprint density at radius 3 is 2.60 bits per heavy atom. The van der Waals surface area contributed by atoms with Crippen molar-refractivity contribution < 1.29 is 22.4 Å². The van der Waals surface area contributed by atoms with Gasteiger partial charge in [0.1, 0.15) is 5.82 Å². The van der Waals surface area contributed by atoms with Crippen LogP contribution in [0.3, 0.4) is 0 Å². The average molecular weight is 434 g/mol. The second-order valence-electron chi connectivity index (χ2n) is 6.97. The van der Waals surface area contributed by atoms with E-state index in [1.54, 1.807) is 18.3 Å². The smallest absolute Gasteiger partial charge is 0.243 e. The summed E-state index contributed by atoms with van der Waals surface area (Å²) < 4.78 is 39.8. The Hall–Kier alpha value is -2.85. The number of piperidine rings is 1. The van der Waals surface area contributed by atoms with Gasteiger partial charge in [-0.2, -0.15) is 4.31 Å². The lowest BCUT2D eigenvalue weighted by Gasteiger charge is -2.31. The molecule has 1 fully saturated rings. The lowest BCUT2D eigenvalue weighted by atomic mass is 9.99. The fourth-order valence-electron chi connectivity index (χ4n) is 3.20. The van der Waals surface area contributed by atoms with Gasteiger partial charge in [-0.1, -0.05) is 6.07 Å². The fraction of sp³-hybridized carbons (Fsp3) is 0.350. The SMILES string of the molecule is O=C(CNC(=O)[C@@H]1CCCN(S(=O)(=O)c2ccc(F)cc2)C1)NCc1ccccn1. The predicted molar refractivity (Wildman–Crippen MR) is 107 cm³/mol. The first-order chi connectivity index (χ1) is 14.4. The van der Waals surface area contributed by atoms with E-state index in [4.69, 9.17) is 0 Å². The molecule has 3 rings (SSSR count). The first kappa shape index (κ1) is 21.8. The van der Waals surface area contributed by atoms with Gasteiger partial charge in [0.05, 0.1) is 29.6 Å². The molecule has 1 saturated heterocycles. The molecule has 2 aromatic rings. The highest BCUT2D eigenvalue weighted by atomic mass is 32.2. The van der Waals surface area contributed by atoms with E-state index in [2.05, 4.69) is 15.6 Å². The largest absolute Gasteiger partial charge is 0.349 e. The Kier molecular flexibility index (Phi) is 7.11. The molecule has 0 saturated carbocycles. The molecule has 2 N–H and O–H groups in total. The minimum Gasteiger partial charge on any atom is -0.349 e. The van der Waals surface area contributed by atoms with E-state index in [0.717, 1.165) is 12.1 Å². The molecule has 1 aliphatic rings. The Morgan fingerprint density at radius 2 is 1.90 bits per heavy atom. The molecule has 2 heterocycles. The quantitative estimate of drug-likeness (QED) is 0.677. The third kappa shape index (κ3) is 5.61. The van der Waals surface area contributed by atoms with Crippen LogP contribution in [0.4, 0.5) is 4.39 Å². The van der Waals surface area contributed by atoms with Crippen LogP contribution in [-0.4, -0.2) is 49.2 Å². The zero-order valence-corrected chi connectivity index (χ0v) is 17.1. The number of carbonyl (C=O) groups excluding carboxylic acids is 2. The van der Waals surface area contributed by atoms with Crippen LogP contribution in [0.2, 0.25) is 0 Å². The summed E-state index contributed by atoms with van der Waals surface area (Å²) in [5.41, 5.74) is 0.700. The van der Waals surface area contributed by atoms with Gasteiger partial charge in [0.25, 0.3) is 0 Å². The molecule has 1 aromatic carbocycles. The van der Waals surface area contributed by atoms with Crippen LogP contribution in [0.5, 0.6) is 0 Å². The van der Waals surface area contributed by atoms with Crippen molar-refractivity contribution in [1.29, 1.82) is 0 Å². The Bertz CT molecular complexity index is 984. The van der Waals surface area contributed by atoms with Gasteiger partial charge in [-0.3, -0.25) is 14.6 Å². The van der Waals surface area contributed by atoms with E-state index in [1.165, 1.54) is 16.4 Å². The van der Waals surface area contributed by atoms with Crippen molar-refractivity contribution in [2.75, 3.05) is 19.6 Å². The molecule has 0 radical (unpaired) electrons. The van der Waals surface area contributed by atoms with Crippen molar-refractivity contribution in [2.24, 2.45) is 5.92 Å². The molecule has 30 heavy (non-hydrogen) atoms. The minimum atomic E-state index is -3.82. The van der Waals surface area contributed by atoms with E-state index < -0.39 is 21.8 Å². The van der Waals surface area contributed by atoms with Crippen LogP contribution in [0, 0.1) is 11.7 Å². The Morgan fingerprint density at radius 1 is 1.13 bits per heavy atom. The summed E-state index contributed by atoms with van der Waals surface area (Å²) in [6.07, 6.45) is 2.67. The van der Waals surface area contributed by atoms with Gasteiger partial charge in [0, 0.05) is 19.3 Å².